The first kappa shape index (κ1) is 9.39. The van der Waals surface area contributed by atoms with Gasteiger partial charge in [-0.1, -0.05) is 26.7 Å². The van der Waals surface area contributed by atoms with E-state index >= 15 is 0 Å². The molecule has 0 saturated heterocycles. The highest BCUT2D eigenvalue weighted by molar-refractivity contribution is 5.00. The summed E-state index contributed by atoms with van der Waals surface area (Å²) in [5.74, 6) is 0. The summed E-state index contributed by atoms with van der Waals surface area (Å²) in [5.41, 5.74) is 7.50. The van der Waals surface area contributed by atoms with Crippen molar-refractivity contribution in [2.75, 3.05) is 6.54 Å². The van der Waals surface area contributed by atoms with Gasteiger partial charge in [-0.25, -0.2) is 0 Å². The van der Waals surface area contributed by atoms with E-state index in [0.717, 1.165) is 13.0 Å². The summed E-state index contributed by atoms with van der Waals surface area (Å²) in [6.07, 6.45) is 7.07. The lowest BCUT2D eigenvalue weighted by atomic mass is 10.2. The summed E-state index contributed by atoms with van der Waals surface area (Å²) in [6, 6.07) is 0. The van der Waals surface area contributed by atoms with Gasteiger partial charge in [0.05, 0.1) is 0 Å². The first-order valence-corrected chi connectivity index (χ1v) is 4.85. The molecular weight excluding hydrogens is 150 g/mol. The molecule has 1 heterocycles. The molecule has 1 aliphatic rings. The molecule has 0 amide bonds. The molecule has 3 heteroatoms. The van der Waals surface area contributed by atoms with Gasteiger partial charge in [0.15, 0.2) is 0 Å². The largest absolute Gasteiger partial charge is 0.306 e. The maximum Gasteiger partial charge on any atom is 0.0450 e. The van der Waals surface area contributed by atoms with Gasteiger partial charge >= 0.3 is 0 Å². The average Bonchev–Trinajstić information content (AvgIpc) is 2.53. The van der Waals surface area contributed by atoms with Crippen molar-refractivity contribution in [2.24, 2.45) is 0 Å². The van der Waals surface area contributed by atoms with Crippen LogP contribution >= 0.6 is 0 Å². The third-order valence-electron chi connectivity index (χ3n) is 2.06. The molecule has 0 bridgehead atoms. The summed E-state index contributed by atoms with van der Waals surface area (Å²) < 4.78 is 0. The summed E-state index contributed by atoms with van der Waals surface area (Å²) in [6.45, 7) is 5.48. The van der Waals surface area contributed by atoms with E-state index in [1.54, 1.807) is 0 Å². The van der Waals surface area contributed by atoms with Crippen molar-refractivity contribution in [3.05, 3.63) is 11.9 Å². The molecule has 0 aromatic rings. The molecular formula is C9H19N3. The number of nitrogens with one attached hydrogen (secondary N) is 2. The molecule has 2 N–H and O–H groups in total. The number of hydrogen-bond donors (Lipinski definition) is 2. The van der Waals surface area contributed by atoms with E-state index < -0.39 is 0 Å². The van der Waals surface area contributed by atoms with Gasteiger partial charge < -0.3 is 5.43 Å². The van der Waals surface area contributed by atoms with Gasteiger partial charge in [0, 0.05) is 18.4 Å². The Balaban J connectivity index is 2.14. The molecule has 0 saturated carbocycles. The average molecular weight is 169 g/mol. The van der Waals surface area contributed by atoms with E-state index in [1.807, 2.05) is 0 Å². The smallest absolute Gasteiger partial charge is 0.0450 e. The second-order valence-corrected chi connectivity index (χ2v) is 3.15. The van der Waals surface area contributed by atoms with Gasteiger partial charge in [0.25, 0.3) is 0 Å². The van der Waals surface area contributed by atoms with Crippen LogP contribution in [0.1, 0.15) is 39.5 Å². The molecule has 0 radical (unpaired) electrons. The third-order valence-corrected chi connectivity index (χ3v) is 2.06. The van der Waals surface area contributed by atoms with E-state index in [0.29, 0.717) is 0 Å². The normalized spacial score (nSPS) is 16.2. The molecule has 0 atom stereocenters. The number of nitrogens with zero attached hydrogens (tertiary/aromatic N) is 1. The standard InChI is InChI=1S/C9H19N3/c1-3-5-6-7-12-8-9(4-2)10-11-12/h8,10-11H,3-7H2,1-2H3. The number of allylic oxidation sites excluding steroid dienone is 1. The Morgan fingerprint density at radius 2 is 2.17 bits per heavy atom. The molecule has 0 unspecified atom stereocenters. The molecule has 70 valence electrons. The van der Waals surface area contributed by atoms with Gasteiger partial charge in [0.1, 0.15) is 0 Å². The van der Waals surface area contributed by atoms with Crippen LogP contribution in [0, 0.1) is 0 Å². The summed E-state index contributed by atoms with van der Waals surface area (Å²) in [5, 5.41) is 2.12. The van der Waals surface area contributed by atoms with Crippen LogP contribution in [0.2, 0.25) is 0 Å². The van der Waals surface area contributed by atoms with Crippen molar-refractivity contribution in [2.45, 2.75) is 39.5 Å². The Labute approximate surface area is 74.8 Å². The van der Waals surface area contributed by atoms with Crippen molar-refractivity contribution in [1.82, 2.24) is 16.0 Å². The zero-order chi connectivity index (χ0) is 8.81. The van der Waals surface area contributed by atoms with Crippen molar-refractivity contribution >= 4 is 0 Å². The summed E-state index contributed by atoms with van der Waals surface area (Å²) in [7, 11) is 0. The second kappa shape index (κ2) is 5.04. The fourth-order valence-corrected chi connectivity index (χ4v) is 1.23. The van der Waals surface area contributed by atoms with Crippen LogP contribution in [0.25, 0.3) is 0 Å². The first-order chi connectivity index (χ1) is 5.86. The summed E-state index contributed by atoms with van der Waals surface area (Å²) >= 11 is 0. The molecule has 0 aromatic heterocycles. The predicted molar refractivity (Wildman–Crippen MR) is 50.9 cm³/mol. The number of rotatable bonds is 5. The van der Waals surface area contributed by atoms with Crippen molar-refractivity contribution in [3.63, 3.8) is 0 Å². The second-order valence-electron chi connectivity index (χ2n) is 3.15. The Morgan fingerprint density at radius 1 is 1.33 bits per heavy atom. The SMILES string of the molecule is CCCCCN1C=C(CC)NN1. The third kappa shape index (κ3) is 2.74. The molecule has 1 aliphatic heterocycles. The lowest BCUT2D eigenvalue weighted by molar-refractivity contribution is 0.265. The van der Waals surface area contributed by atoms with Crippen molar-refractivity contribution in [3.8, 4) is 0 Å². The molecule has 0 aromatic carbocycles. The minimum atomic E-state index is 1.07. The van der Waals surface area contributed by atoms with Gasteiger partial charge in [-0.2, -0.15) is 0 Å². The van der Waals surface area contributed by atoms with Crippen LogP contribution in [-0.2, 0) is 0 Å². The van der Waals surface area contributed by atoms with Crippen molar-refractivity contribution < 1.29 is 0 Å². The highest BCUT2D eigenvalue weighted by Gasteiger charge is 2.07. The minimum absolute atomic E-state index is 1.07. The monoisotopic (exact) mass is 169 g/mol. The zero-order valence-electron chi connectivity index (χ0n) is 8.06. The summed E-state index contributed by atoms with van der Waals surface area (Å²) in [4.78, 5) is 0. The molecule has 0 fully saturated rings. The first-order valence-electron chi connectivity index (χ1n) is 4.85. The molecule has 0 spiro atoms. The van der Waals surface area contributed by atoms with Crippen LogP contribution in [0.5, 0.6) is 0 Å². The molecule has 1 rings (SSSR count). The fourth-order valence-electron chi connectivity index (χ4n) is 1.23. The number of unbranched alkanes of at least 4 members (excludes halogenated alkanes) is 2. The van der Waals surface area contributed by atoms with Crippen LogP contribution in [0.15, 0.2) is 11.9 Å². The highest BCUT2D eigenvalue weighted by Crippen LogP contribution is 2.04. The molecule has 0 aliphatic carbocycles. The Hall–Kier alpha value is -0.700. The quantitative estimate of drug-likeness (QED) is 0.614. The molecule has 12 heavy (non-hydrogen) atoms. The van der Waals surface area contributed by atoms with Gasteiger partial charge in [-0.15, -0.1) is 5.53 Å². The number of hydrogen-bond acceptors (Lipinski definition) is 3. The predicted octanol–water partition coefficient (Wildman–Crippen LogP) is 1.75. The van der Waals surface area contributed by atoms with E-state index in [-0.39, 0.29) is 0 Å². The Morgan fingerprint density at radius 3 is 2.75 bits per heavy atom. The number of hydrazine groups is 2. The fraction of sp³-hybridized carbons (Fsp3) is 0.778. The van der Waals surface area contributed by atoms with Crippen molar-refractivity contribution in [1.29, 1.82) is 0 Å². The Bertz CT molecular complexity index is 154. The molecule has 3 nitrogen and oxygen atoms in total. The van der Waals surface area contributed by atoms with E-state index in [1.165, 1.54) is 25.0 Å². The van der Waals surface area contributed by atoms with Crippen LogP contribution in [-0.4, -0.2) is 11.6 Å². The van der Waals surface area contributed by atoms with Crippen LogP contribution in [0.3, 0.4) is 0 Å². The van der Waals surface area contributed by atoms with Crippen LogP contribution in [0.4, 0.5) is 0 Å². The lowest BCUT2D eigenvalue weighted by Crippen LogP contribution is -2.36. The highest BCUT2D eigenvalue weighted by atomic mass is 15.7. The zero-order valence-corrected chi connectivity index (χ0v) is 8.06. The van der Waals surface area contributed by atoms with Crippen LogP contribution < -0.4 is 11.0 Å². The maximum absolute atomic E-state index is 3.12. The lowest BCUT2D eigenvalue weighted by Gasteiger charge is -2.14. The van der Waals surface area contributed by atoms with E-state index in [9.17, 15) is 0 Å². The topological polar surface area (TPSA) is 27.3 Å². The Kier molecular flexibility index (Phi) is 3.94. The van der Waals surface area contributed by atoms with Gasteiger partial charge in [-0.05, 0) is 12.8 Å². The van der Waals surface area contributed by atoms with E-state index in [4.69, 9.17) is 0 Å². The minimum Gasteiger partial charge on any atom is -0.306 e. The maximum atomic E-state index is 3.12. The van der Waals surface area contributed by atoms with Gasteiger partial charge in [-0.3, -0.25) is 5.01 Å². The van der Waals surface area contributed by atoms with E-state index in [2.05, 4.69) is 36.0 Å². The van der Waals surface area contributed by atoms with Gasteiger partial charge in [0.2, 0.25) is 0 Å².